The third kappa shape index (κ3) is 1.70. The molecule has 1 heterocycles. The van der Waals surface area contributed by atoms with E-state index >= 15 is 0 Å². The van der Waals surface area contributed by atoms with Crippen LogP contribution in [0.25, 0.3) is 0 Å². The first-order valence-corrected chi connectivity index (χ1v) is 5.69. The van der Waals surface area contributed by atoms with Gasteiger partial charge in [0.15, 0.2) is 0 Å². The number of rotatable bonds is 0. The third-order valence-corrected chi connectivity index (χ3v) is 3.50. The van der Waals surface area contributed by atoms with Crippen molar-refractivity contribution in [3.8, 4) is 6.07 Å². The van der Waals surface area contributed by atoms with Crippen LogP contribution in [0.15, 0.2) is 0 Å². The lowest BCUT2D eigenvalue weighted by atomic mass is 9.83. The normalized spacial score (nSPS) is 19.4. The van der Waals surface area contributed by atoms with Crippen LogP contribution in [0, 0.1) is 28.8 Å². The summed E-state index contributed by atoms with van der Waals surface area (Å²) in [5.74, 6) is 0.667. The van der Waals surface area contributed by atoms with Crippen molar-refractivity contribution in [1.82, 2.24) is 4.98 Å². The van der Waals surface area contributed by atoms with Crippen LogP contribution in [0.4, 0.5) is 0 Å². The molecule has 1 aliphatic carbocycles. The summed E-state index contributed by atoms with van der Waals surface area (Å²) in [7, 11) is 0. The van der Waals surface area contributed by atoms with Gasteiger partial charge in [-0.05, 0) is 43.2 Å². The Hall–Kier alpha value is -1.14. The van der Waals surface area contributed by atoms with E-state index in [1.165, 1.54) is 17.5 Å². The fraction of sp³-hybridized carbons (Fsp3) is 0.500. The second-order valence-corrected chi connectivity index (χ2v) is 4.78. The van der Waals surface area contributed by atoms with Crippen LogP contribution in [0.2, 0.25) is 0 Å². The van der Waals surface area contributed by atoms with E-state index in [9.17, 15) is 0 Å². The minimum Gasteiger partial charge on any atom is -0.349 e. The minimum atomic E-state index is 0.600. The van der Waals surface area contributed by atoms with Crippen LogP contribution >= 0.6 is 12.2 Å². The summed E-state index contributed by atoms with van der Waals surface area (Å²) in [6.45, 7) is 4.28. The standard InChI is InChI=1S/C12H14N2S/c1-7-3-4-9-8(2)14-12(15)11(6-13)10(9)5-7/h7H,3-5H2,1-2H3,(H,14,15)/t7-/m1/s1. The largest absolute Gasteiger partial charge is 0.349 e. The Morgan fingerprint density at radius 2 is 2.20 bits per heavy atom. The van der Waals surface area contributed by atoms with Gasteiger partial charge >= 0.3 is 0 Å². The predicted molar refractivity (Wildman–Crippen MR) is 62.3 cm³/mol. The highest BCUT2D eigenvalue weighted by atomic mass is 32.1. The first kappa shape index (κ1) is 10.4. The Morgan fingerprint density at radius 1 is 1.47 bits per heavy atom. The molecule has 0 aromatic carbocycles. The zero-order valence-electron chi connectivity index (χ0n) is 9.05. The van der Waals surface area contributed by atoms with E-state index in [-0.39, 0.29) is 0 Å². The van der Waals surface area contributed by atoms with E-state index in [4.69, 9.17) is 17.5 Å². The summed E-state index contributed by atoms with van der Waals surface area (Å²) in [5, 5.41) is 9.11. The van der Waals surface area contributed by atoms with Crippen molar-refractivity contribution in [1.29, 1.82) is 5.26 Å². The van der Waals surface area contributed by atoms with Crippen molar-refractivity contribution in [2.24, 2.45) is 5.92 Å². The quantitative estimate of drug-likeness (QED) is 0.680. The molecule has 2 nitrogen and oxygen atoms in total. The van der Waals surface area contributed by atoms with Crippen LogP contribution < -0.4 is 0 Å². The topological polar surface area (TPSA) is 39.6 Å². The van der Waals surface area contributed by atoms with Gasteiger partial charge in [0.25, 0.3) is 0 Å². The van der Waals surface area contributed by atoms with Gasteiger partial charge in [-0.3, -0.25) is 0 Å². The van der Waals surface area contributed by atoms with Gasteiger partial charge in [0, 0.05) is 5.69 Å². The van der Waals surface area contributed by atoms with Crippen molar-refractivity contribution in [2.75, 3.05) is 0 Å². The molecule has 0 saturated heterocycles. The van der Waals surface area contributed by atoms with Crippen molar-refractivity contribution < 1.29 is 0 Å². The SMILES string of the molecule is Cc1[nH]c(=S)c(C#N)c2c1CC[C@@H](C)C2. The lowest BCUT2D eigenvalue weighted by Crippen LogP contribution is -2.15. The molecule has 0 aliphatic heterocycles. The molecule has 0 bridgehead atoms. The van der Waals surface area contributed by atoms with Crippen molar-refractivity contribution in [2.45, 2.75) is 33.1 Å². The van der Waals surface area contributed by atoms with Crippen molar-refractivity contribution in [3.05, 3.63) is 27.0 Å². The molecule has 3 heteroatoms. The predicted octanol–water partition coefficient (Wildman–Crippen LogP) is 3.05. The molecule has 0 saturated carbocycles. The fourth-order valence-electron chi connectivity index (χ4n) is 2.35. The molecule has 1 aliphatic rings. The van der Waals surface area contributed by atoms with Crippen molar-refractivity contribution in [3.63, 3.8) is 0 Å². The molecule has 1 atom stereocenters. The Labute approximate surface area is 95.0 Å². The molecule has 0 spiro atoms. The van der Waals surface area contributed by atoms with E-state index in [0.717, 1.165) is 18.5 Å². The number of hydrogen-bond acceptors (Lipinski definition) is 2. The van der Waals surface area contributed by atoms with E-state index in [2.05, 4.69) is 18.0 Å². The van der Waals surface area contributed by atoms with Crippen LogP contribution in [0.5, 0.6) is 0 Å². The maximum absolute atomic E-state index is 9.11. The lowest BCUT2D eigenvalue weighted by Gasteiger charge is -2.23. The van der Waals surface area contributed by atoms with Gasteiger partial charge in [-0.15, -0.1) is 0 Å². The van der Waals surface area contributed by atoms with E-state index < -0.39 is 0 Å². The molecule has 2 rings (SSSR count). The number of aromatic nitrogens is 1. The van der Waals surface area contributed by atoms with Gasteiger partial charge < -0.3 is 4.98 Å². The van der Waals surface area contributed by atoms with E-state index in [0.29, 0.717) is 16.1 Å². The Balaban J connectivity index is 2.70. The zero-order valence-corrected chi connectivity index (χ0v) is 9.87. The Morgan fingerprint density at radius 3 is 2.87 bits per heavy atom. The average Bonchev–Trinajstić information content (AvgIpc) is 2.17. The molecule has 1 aromatic rings. The molecule has 0 amide bonds. The molecular formula is C12H14N2S. The van der Waals surface area contributed by atoms with E-state index in [1.54, 1.807) is 0 Å². The van der Waals surface area contributed by atoms with Crippen LogP contribution in [0.1, 0.15) is 35.7 Å². The van der Waals surface area contributed by atoms with Gasteiger partial charge in [-0.1, -0.05) is 19.1 Å². The first-order chi connectivity index (χ1) is 7.13. The first-order valence-electron chi connectivity index (χ1n) is 5.28. The minimum absolute atomic E-state index is 0.600. The maximum Gasteiger partial charge on any atom is 0.121 e. The molecule has 1 N–H and O–H groups in total. The van der Waals surface area contributed by atoms with Gasteiger partial charge in [-0.25, -0.2) is 0 Å². The highest BCUT2D eigenvalue weighted by Gasteiger charge is 2.20. The molecular weight excluding hydrogens is 204 g/mol. The van der Waals surface area contributed by atoms with Gasteiger partial charge in [-0.2, -0.15) is 5.26 Å². The number of nitrogens with zero attached hydrogens (tertiary/aromatic N) is 1. The van der Waals surface area contributed by atoms with Crippen LogP contribution in [-0.4, -0.2) is 4.98 Å². The number of nitriles is 1. The monoisotopic (exact) mass is 218 g/mol. The van der Waals surface area contributed by atoms with Gasteiger partial charge in [0.2, 0.25) is 0 Å². The van der Waals surface area contributed by atoms with Crippen molar-refractivity contribution >= 4 is 12.2 Å². The third-order valence-electron chi connectivity index (χ3n) is 3.20. The molecule has 15 heavy (non-hydrogen) atoms. The highest BCUT2D eigenvalue weighted by Crippen LogP contribution is 2.29. The van der Waals surface area contributed by atoms with Gasteiger partial charge in [0.05, 0.1) is 5.56 Å². The number of hydrogen-bond donors (Lipinski definition) is 1. The summed E-state index contributed by atoms with van der Waals surface area (Å²) in [6.07, 6.45) is 3.28. The highest BCUT2D eigenvalue weighted by molar-refractivity contribution is 7.71. The smallest absolute Gasteiger partial charge is 0.121 e. The molecule has 1 aromatic heterocycles. The number of fused-ring (bicyclic) bond motifs is 1. The number of H-pyrrole nitrogens is 1. The Kier molecular flexibility index (Phi) is 2.62. The van der Waals surface area contributed by atoms with Crippen LogP contribution in [-0.2, 0) is 12.8 Å². The van der Waals surface area contributed by atoms with Crippen LogP contribution in [0.3, 0.4) is 0 Å². The second-order valence-electron chi connectivity index (χ2n) is 4.37. The molecule has 78 valence electrons. The summed E-state index contributed by atoms with van der Waals surface area (Å²) < 4.78 is 0.600. The maximum atomic E-state index is 9.11. The lowest BCUT2D eigenvalue weighted by molar-refractivity contribution is 0.497. The van der Waals surface area contributed by atoms with Gasteiger partial charge in [0.1, 0.15) is 10.7 Å². The van der Waals surface area contributed by atoms with E-state index in [1.807, 2.05) is 6.92 Å². The number of aromatic amines is 1. The zero-order chi connectivity index (χ0) is 11.0. The number of aryl methyl sites for hydroxylation is 1. The molecule has 0 radical (unpaired) electrons. The average molecular weight is 218 g/mol. The summed E-state index contributed by atoms with van der Waals surface area (Å²) >= 11 is 5.18. The molecule has 0 unspecified atom stereocenters. The number of pyridine rings is 1. The summed E-state index contributed by atoms with van der Waals surface area (Å²) in [4.78, 5) is 3.12. The number of nitrogens with one attached hydrogen (secondary N) is 1. The Bertz CT molecular complexity index is 494. The second kappa shape index (κ2) is 3.79. The molecule has 0 fully saturated rings. The summed E-state index contributed by atoms with van der Waals surface area (Å²) in [6, 6.07) is 2.24. The fourth-order valence-corrected chi connectivity index (χ4v) is 2.67. The summed E-state index contributed by atoms with van der Waals surface area (Å²) in [5.41, 5.74) is 4.34.